The molecule has 0 aliphatic carbocycles. The average molecular weight is 330 g/mol. The van der Waals surface area contributed by atoms with Crippen LogP contribution in [0, 0.1) is 0 Å². The van der Waals surface area contributed by atoms with E-state index >= 15 is 0 Å². The van der Waals surface area contributed by atoms with Gasteiger partial charge in [0.15, 0.2) is 0 Å². The maximum absolute atomic E-state index is 11.0. The molecular formula is C8H3Cl3N2O2S2. The minimum absolute atomic E-state index is 0.273. The SMILES string of the molecule is O=S(=O)(Cl)c1nnc(-c2cc(Cl)ccc2Cl)s1. The van der Waals surface area contributed by atoms with Gasteiger partial charge in [0.05, 0.1) is 5.02 Å². The van der Waals surface area contributed by atoms with E-state index in [-0.39, 0.29) is 4.34 Å². The molecule has 4 nitrogen and oxygen atoms in total. The summed E-state index contributed by atoms with van der Waals surface area (Å²) in [6.07, 6.45) is 0. The molecule has 2 rings (SSSR count). The van der Waals surface area contributed by atoms with E-state index in [9.17, 15) is 8.42 Å². The van der Waals surface area contributed by atoms with Crippen molar-refractivity contribution in [2.24, 2.45) is 0 Å². The van der Waals surface area contributed by atoms with E-state index in [1.165, 1.54) is 0 Å². The van der Waals surface area contributed by atoms with Crippen LogP contribution in [0.15, 0.2) is 22.5 Å². The molecule has 1 aromatic carbocycles. The first-order chi connectivity index (χ1) is 7.88. The molecule has 0 fully saturated rings. The average Bonchev–Trinajstić information content (AvgIpc) is 2.70. The Morgan fingerprint density at radius 2 is 1.88 bits per heavy atom. The largest absolute Gasteiger partial charge is 0.290 e. The minimum atomic E-state index is -3.87. The zero-order valence-corrected chi connectivity index (χ0v) is 11.8. The number of hydrogen-bond donors (Lipinski definition) is 0. The van der Waals surface area contributed by atoms with Crippen LogP contribution >= 0.6 is 45.2 Å². The summed E-state index contributed by atoms with van der Waals surface area (Å²) in [5.41, 5.74) is 0.517. The number of rotatable bonds is 2. The van der Waals surface area contributed by atoms with Crippen LogP contribution in [-0.4, -0.2) is 18.6 Å². The first-order valence-corrected chi connectivity index (χ1v) is 7.99. The Morgan fingerprint density at radius 3 is 2.47 bits per heavy atom. The van der Waals surface area contributed by atoms with Gasteiger partial charge in [0.25, 0.3) is 9.05 Å². The molecule has 2 aromatic rings. The van der Waals surface area contributed by atoms with Gasteiger partial charge in [-0.2, -0.15) is 0 Å². The smallest absolute Gasteiger partial charge is 0.204 e. The maximum Gasteiger partial charge on any atom is 0.290 e. The molecule has 17 heavy (non-hydrogen) atoms. The van der Waals surface area contributed by atoms with E-state index in [2.05, 4.69) is 10.2 Å². The first-order valence-electron chi connectivity index (χ1n) is 4.11. The van der Waals surface area contributed by atoms with Crippen molar-refractivity contribution in [3.05, 3.63) is 28.2 Å². The molecule has 0 atom stereocenters. The number of halogens is 3. The van der Waals surface area contributed by atoms with E-state index in [0.717, 1.165) is 11.3 Å². The zero-order chi connectivity index (χ0) is 12.6. The minimum Gasteiger partial charge on any atom is -0.204 e. The Kier molecular flexibility index (Phi) is 3.61. The second-order valence-corrected chi connectivity index (χ2v) is 7.50. The Labute approximate surface area is 116 Å². The molecular weight excluding hydrogens is 327 g/mol. The zero-order valence-electron chi connectivity index (χ0n) is 7.89. The molecule has 90 valence electrons. The molecule has 0 amide bonds. The van der Waals surface area contributed by atoms with E-state index in [1.54, 1.807) is 18.2 Å². The molecule has 1 aromatic heterocycles. The highest BCUT2D eigenvalue weighted by atomic mass is 35.7. The van der Waals surface area contributed by atoms with Gasteiger partial charge in [0, 0.05) is 21.3 Å². The molecule has 0 bridgehead atoms. The predicted molar refractivity (Wildman–Crippen MR) is 68.4 cm³/mol. The van der Waals surface area contributed by atoms with Crippen LogP contribution in [-0.2, 0) is 9.05 Å². The van der Waals surface area contributed by atoms with Gasteiger partial charge in [-0.1, -0.05) is 34.5 Å². The normalized spacial score (nSPS) is 11.7. The summed E-state index contributed by atoms with van der Waals surface area (Å²) >= 11 is 12.6. The predicted octanol–water partition coefficient (Wildman–Crippen LogP) is 3.44. The topological polar surface area (TPSA) is 59.9 Å². The third-order valence-electron chi connectivity index (χ3n) is 1.77. The number of hydrogen-bond acceptors (Lipinski definition) is 5. The van der Waals surface area contributed by atoms with Gasteiger partial charge in [0.1, 0.15) is 5.01 Å². The van der Waals surface area contributed by atoms with Gasteiger partial charge in [-0.3, -0.25) is 0 Å². The highest BCUT2D eigenvalue weighted by molar-refractivity contribution is 8.15. The lowest BCUT2D eigenvalue weighted by Crippen LogP contribution is -1.87. The van der Waals surface area contributed by atoms with E-state index in [0.29, 0.717) is 20.6 Å². The van der Waals surface area contributed by atoms with Gasteiger partial charge >= 0.3 is 0 Å². The van der Waals surface area contributed by atoms with Gasteiger partial charge in [0.2, 0.25) is 4.34 Å². The molecule has 0 aliphatic rings. The summed E-state index contributed by atoms with van der Waals surface area (Å²) in [6.45, 7) is 0. The summed E-state index contributed by atoms with van der Waals surface area (Å²) in [5, 5.41) is 8.42. The second-order valence-electron chi connectivity index (χ2n) is 2.94. The Balaban J connectivity index is 2.55. The van der Waals surface area contributed by atoms with Crippen molar-refractivity contribution in [2.75, 3.05) is 0 Å². The Hall–Kier alpha value is -0.400. The van der Waals surface area contributed by atoms with Crippen LogP contribution in [0.2, 0.25) is 10.0 Å². The highest BCUT2D eigenvalue weighted by Gasteiger charge is 2.18. The summed E-state index contributed by atoms with van der Waals surface area (Å²) in [4.78, 5) is 0. The quantitative estimate of drug-likeness (QED) is 0.792. The van der Waals surface area contributed by atoms with Crippen molar-refractivity contribution in [2.45, 2.75) is 4.34 Å². The van der Waals surface area contributed by atoms with Gasteiger partial charge in [-0.25, -0.2) is 8.42 Å². The lowest BCUT2D eigenvalue weighted by atomic mass is 10.2. The molecule has 0 aliphatic heterocycles. The summed E-state index contributed by atoms with van der Waals surface area (Å²) < 4.78 is 21.8. The molecule has 9 heteroatoms. The molecule has 0 saturated heterocycles. The van der Waals surface area contributed by atoms with Crippen LogP contribution in [0.4, 0.5) is 0 Å². The van der Waals surface area contributed by atoms with Crippen molar-refractivity contribution >= 4 is 54.3 Å². The van der Waals surface area contributed by atoms with Gasteiger partial charge in [-0.05, 0) is 18.2 Å². The van der Waals surface area contributed by atoms with Crippen LogP contribution in [0.5, 0.6) is 0 Å². The summed E-state index contributed by atoms with van der Waals surface area (Å²) in [7, 11) is 1.28. The molecule has 0 spiro atoms. The first kappa shape index (κ1) is 13.0. The fourth-order valence-electron chi connectivity index (χ4n) is 1.08. The van der Waals surface area contributed by atoms with Crippen LogP contribution in [0.3, 0.4) is 0 Å². The lowest BCUT2D eigenvalue weighted by molar-refractivity contribution is 0.607. The standard InChI is InChI=1S/C8H3Cl3N2O2S2/c9-4-1-2-6(10)5(3-4)7-12-13-8(16-7)17(11,14)15/h1-3H. The Bertz CT molecular complexity index is 669. The monoisotopic (exact) mass is 328 g/mol. The summed E-state index contributed by atoms with van der Waals surface area (Å²) in [5.74, 6) is 0. The third kappa shape index (κ3) is 2.89. The number of nitrogens with zero attached hydrogens (tertiary/aromatic N) is 2. The third-order valence-corrected chi connectivity index (χ3v) is 5.21. The highest BCUT2D eigenvalue weighted by Crippen LogP contribution is 2.34. The van der Waals surface area contributed by atoms with Crippen LogP contribution in [0.25, 0.3) is 10.6 Å². The lowest BCUT2D eigenvalue weighted by Gasteiger charge is -1.99. The second kappa shape index (κ2) is 4.70. The van der Waals surface area contributed by atoms with Crippen LogP contribution in [0.1, 0.15) is 0 Å². The number of benzene rings is 1. The molecule has 0 radical (unpaired) electrons. The van der Waals surface area contributed by atoms with Crippen molar-refractivity contribution in [3.8, 4) is 10.6 Å². The molecule has 0 unspecified atom stereocenters. The molecule has 1 heterocycles. The van der Waals surface area contributed by atoms with Crippen LogP contribution < -0.4 is 0 Å². The Morgan fingerprint density at radius 1 is 1.18 bits per heavy atom. The molecule has 0 saturated carbocycles. The van der Waals surface area contributed by atoms with Crippen molar-refractivity contribution in [3.63, 3.8) is 0 Å². The fraction of sp³-hybridized carbons (Fsp3) is 0. The van der Waals surface area contributed by atoms with Gasteiger partial charge in [-0.15, -0.1) is 10.2 Å². The van der Waals surface area contributed by atoms with E-state index in [4.69, 9.17) is 33.9 Å². The molecule has 0 N–H and O–H groups in total. The van der Waals surface area contributed by atoms with Gasteiger partial charge < -0.3 is 0 Å². The van der Waals surface area contributed by atoms with Crippen molar-refractivity contribution in [1.29, 1.82) is 0 Å². The van der Waals surface area contributed by atoms with E-state index < -0.39 is 9.05 Å². The fourth-order valence-corrected chi connectivity index (χ4v) is 3.27. The summed E-state index contributed by atoms with van der Waals surface area (Å²) in [6, 6.07) is 4.79. The van der Waals surface area contributed by atoms with Crippen molar-refractivity contribution < 1.29 is 8.42 Å². The van der Waals surface area contributed by atoms with E-state index in [1.807, 2.05) is 0 Å². The number of aromatic nitrogens is 2. The van der Waals surface area contributed by atoms with Crippen molar-refractivity contribution in [1.82, 2.24) is 10.2 Å². The maximum atomic E-state index is 11.0.